The zero-order chi connectivity index (χ0) is 16.4. The molecule has 0 spiro atoms. The van der Waals surface area contributed by atoms with E-state index < -0.39 is 0 Å². The third-order valence-corrected chi connectivity index (χ3v) is 8.62. The lowest BCUT2D eigenvalue weighted by Crippen LogP contribution is -2.61. The Bertz CT molecular complexity index is 506. The molecule has 0 radical (unpaired) electrons. The first-order valence-corrected chi connectivity index (χ1v) is 9.67. The second kappa shape index (κ2) is 5.21. The first kappa shape index (κ1) is 15.9. The molecular weight excluding hydrogens is 286 g/mol. The molecule has 3 heteroatoms. The van der Waals surface area contributed by atoms with Crippen molar-refractivity contribution in [3.8, 4) is 0 Å². The summed E-state index contributed by atoms with van der Waals surface area (Å²) in [6.07, 6.45) is 10.1. The minimum atomic E-state index is 0.345. The van der Waals surface area contributed by atoms with Crippen LogP contribution in [0.25, 0.3) is 0 Å². The third-order valence-electron chi connectivity index (χ3n) is 8.62. The molecule has 0 aromatic rings. The Morgan fingerprint density at radius 2 is 1.91 bits per heavy atom. The lowest BCUT2D eigenvalue weighted by Gasteiger charge is -2.61. The fourth-order valence-electron chi connectivity index (χ4n) is 7.32. The number of amides is 1. The van der Waals surface area contributed by atoms with E-state index >= 15 is 0 Å². The number of piperidine rings is 1. The number of rotatable bonds is 1. The number of carbonyl (C=O) groups is 1. The summed E-state index contributed by atoms with van der Waals surface area (Å²) in [7, 11) is 3.94. The van der Waals surface area contributed by atoms with Crippen LogP contribution in [-0.2, 0) is 9.53 Å². The van der Waals surface area contributed by atoms with Gasteiger partial charge in [-0.2, -0.15) is 0 Å². The maximum Gasteiger partial charge on any atom is 0.222 e. The van der Waals surface area contributed by atoms with E-state index in [2.05, 4.69) is 18.7 Å². The van der Waals surface area contributed by atoms with E-state index in [1.807, 2.05) is 14.2 Å². The maximum atomic E-state index is 12.2. The zero-order valence-corrected chi connectivity index (χ0v) is 15.3. The molecule has 4 fully saturated rings. The van der Waals surface area contributed by atoms with Crippen molar-refractivity contribution in [1.82, 2.24) is 4.90 Å². The van der Waals surface area contributed by atoms with Crippen molar-refractivity contribution in [2.45, 2.75) is 77.4 Å². The topological polar surface area (TPSA) is 29.5 Å². The molecule has 3 aliphatic carbocycles. The van der Waals surface area contributed by atoms with Gasteiger partial charge in [-0.25, -0.2) is 0 Å². The minimum Gasteiger partial charge on any atom is -0.381 e. The molecule has 1 saturated heterocycles. The fraction of sp³-hybridized carbons (Fsp3) is 0.950. The van der Waals surface area contributed by atoms with Crippen molar-refractivity contribution >= 4 is 5.91 Å². The van der Waals surface area contributed by atoms with Gasteiger partial charge in [0, 0.05) is 26.6 Å². The highest BCUT2D eigenvalue weighted by molar-refractivity contribution is 5.77. The van der Waals surface area contributed by atoms with Crippen LogP contribution in [0.1, 0.15) is 65.2 Å². The Labute approximate surface area is 141 Å². The standard InChI is InChI=1S/C20H33NO2/c1-19-9-7-15-14(16(19)11-13(12-19)23-4)5-6-17-20(15,2)10-8-18(22)21(17)3/h13-17H,5-12H2,1-4H3/t13-,14?,15?,16?,17?,19-,20-/m1/s1. The number of nitrogens with zero attached hydrogens (tertiary/aromatic N) is 1. The normalized spacial score (nSPS) is 52.8. The fourth-order valence-corrected chi connectivity index (χ4v) is 7.32. The summed E-state index contributed by atoms with van der Waals surface area (Å²) in [5.74, 6) is 2.88. The number of hydrogen-bond acceptors (Lipinski definition) is 2. The molecular formula is C20H33NO2. The van der Waals surface area contributed by atoms with E-state index in [1.54, 1.807) is 0 Å². The summed E-state index contributed by atoms with van der Waals surface area (Å²) >= 11 is 0. The minimum absolute atomic E-state index is 0.345. The number of ether oxygens (including phenoxy) is 1. The Kier molecular flexibility index (Phi) is 3.61. The predicted octanol–water partition coefficient (Wildman–Crippen LogP) is 3.86. The highest BCUT2D eigenvalue weighted by Crippen LogP contribution is 2.64. The second-order valence-corrected chi connectivity index (χ2v) is 9.47. The molecule has 130 valence electrons. The van der Waals surface area contributed by atoms with Crippen LogP contribution in [0.5, 0.6) is 0 Å². The summed E-state index contributed by atoms with van der Waals surface area (Å²) in [4.78, 5) is 14.3. The maximum absolute atomic E-state index is 12.2. The van der Waals surface area contributed by atoms with Gasteiger partial charge >= 0.3 is 0 Å². The highest BCUT2D eigenvalue weighted by Gasteiger charge is 2.60. The van der Waals surface area contributed by atoms with Gasteiger partial charge in [-0.3, -0.25) is 4.79 Å². The lowest BCUT2D eigenvalue weighted by atomic mass is 9.47. The molecule has 23 heavy (non-hydrogen) atoms. The van der Waals surface area contributed by atoms with Gasteiger partial charge in [0.1, 0.15) is 0 Å². The Balaban J connectivity index is 1.63. The van der Waals surface area contributed by atoms with Crippen LogP contribution < -0.4 is 0 Å². The van der Waals surface area contributed by atoms with Crippen LogP contribution >= 0.6 is 0 Å². The Morgan fingerprint density at radius 3 is 2.65 bits per heavy atom. The molecule has 3 saturated carbocycles. The molecule has 0 N–H and O–H groups in total. The summed E-state index contributed by atoms with van der Waals surface area (Å²) in [6.45, 7) is 5.03. The summed E-state index contributed by atoms with van der Waals surface area (Å²) in [6, 6.07) is 0.481. The van der Waals surface area contributed by atoms with Crippen molar-refractivity contribution < 1.29 is 9.53 Å². The lowest BCUT2D eigenvalue weighted by molar-refractivity contribution is -0.156. The Hall–Kier alpha value is -0.570. The van der Waals surface area contributed by atoms with E-state index in [9.17, 15) is 4.79 Å². The molecule has 7 atom stereocenters. The largest absolute Gasteiger partial charge is 0.381 e. The van der Waals surface area contributed by atoms with E-state index in [4.69, 9.17) is 4.74 Å². The van der Waals surface area contributed by atoms with Crippen LogP contribution in [0.15, 0.2) is 0 Å². The molecule has 0 aromatic carbocycles. The molecule has 4 rings (SSSR count). The number of fused-ring (bicyclic) bond motifs is 5. The van der Waals surface area contributed by atoms with E-state index in [0.717, 1.165) is 30.6 Å². The van der Waals surface area contributed by atoms with Crippen LogP contribution in [0.3, 0.4) is 0 Å². The number of hydrogen-bond donors (Lipinski definition) is 0. The van der Waals surface area contributed by atoms with Crippen LogP contribution in [-0.4, -0.2) is 37.1 Å². The summed E-state index contributed by atoms with van der Waals surface area (Å²) in [5.41, 5.74) is 0.847. The van der Waals surface area contributed by atoms with Crippen molar-refractivity contribution in [3.05, 3.63) is 0 Å². The van der Waals surface area contributed by atoms with Gasteiger partial charge in [0.2, 0.25) is 5.91 Å². The number of likely N-dealkylation sites (tertiary alicyclic amines) is 1. The summed E-state index contributed by atoms with van der Waals surface area (Å²) < 4.78 is 5.76. The predicted molar refractivity (Wildman–Crippen MR) is 91.0 cm³/mol. The quantitative estimate of drug-likeness (QED) is 0.734. The highest BCUT2D eigenvalue weighted by atomic mass is 16.5. The van der Waals surface area contributed by atoms with Gasteiger partial charge in [-0.1, -0.05) is 13.8 Å². The van der Waals surface area contributed by atoms with E-state index in [1.165, 1.54) is 38.5 Å². The monoisotopic (exact) mass is 319 g/mol. The Morgan fingerprint density at radius 1 is 1.13 bits per heavy atom. The van der Waals surface area contributed by atoms with E-state index in [0.29, 0.717) is 28.9 Å². The molecule has 3 nitrogen and oxygen atoms in total. The van der Waals surface area contributed by atoms with Gasteiger partial charge in [0.05, 0.1) is 6.10 Å². The van der Waals surface area contributed by atoms with Crippen LogP contribution in [0, 0.1) is 28.6 Å². The smallest absolute Gasteiger partial charge is 0.222 e. The van der Waals surface area contributed by atoms with Gasteiger partial charge in [-0.15, -0.1) is 0 Å². The molecule has 1 heterocycles. The van der Waals surface area contributed by atoms with Gasteiger partial charge in [0.25, 0.3) is 0 Å². The van der Waals surface area contributed by atoms with Gasteiger partial charge < -0.3 is 9.64 Å². The average molecular weight is 319 g/mol. The average Bonchev–Trinajstić information content (AvgIpc) is 2.88. The summed E-state index contributed by atoms with van der Waals surface area (Å²) in [5, 5.41) is 0. The van der Waals surface area contributed by atoms with Crippen molar-refractivity contribution in [2.75, 3.05) is 14.2 Å². The zero-order valence-electron chi connectivity index (χ0n) is 15.3. The third kappa shape index (κ3) is 2.14. The van der Waals surface area contributed by atoms with Crippen molar-refractivity contribution in [1.29, 1.82) is 0 Å². The SMILES string of the molecule is CO[C@@H]1CC2C3CCC4N(C)C(=O)CC[C@]4(C)C3CC[C@]2(C)C1. The first-order chi connectivity index (χ1) is 10.9. The van der Waals surface area contributed by atoms with Crippen LogP contribution in [0.2, 0.25) is 0 Å². The molecule has 1 aliphatic heterocycles. The van der Waals surface area contributed by atoms with E-state index in [-0.39, 0.29) is 0 Å². The first-order valence-electron chi connectivity index (χ1n) is 9.67. The molecule has 0 aromatic heterocycles. The van der Waals surface area contributed by atoms with Gasteiger partial charge in [-0.05, 0) is 73.5 Å². The van der Waals surface area contributed by atoms with Gasteiger partial charge in [0.15, 0.2) is 0 Å². The molecule has 4 unspecified atom stereocenters. The molecule has 1 amide bonds. The number of methoxy groups -OCH3 is 1. The van der Waals surface area contributed by atoms with Crippen molar-refractivity contribution in [2.24, 2.45) is 28.6 Å². The second-order valence-electron chi connectivity index (χ2n) is 9.47. The van der Waals surface area contributed by atoms with Crippen molar-refractivity contribution in [3.63, 3.8) is 0 Å². The van der Waals surface area contributed by atoms with Crippen LogP contribution in [0.4, 0.5) is 0 Å². The number of carbonyl (C=O) groups excluding carboxylic acids is 1. The molecule has 0 bridgehead atoms. The molecule has 4 aliphatic rings.